The van der Waals surface area contributed by atoms with Crippen LogP contribution >= 0.6 is 0 Å². The summed E-state index contributed by atoms with van der Waals surface area (Å²) in [6.45, 7) is 5.04. The molecule has 3 rings (SSSR count). The first-order valence-corrected chi connectivity index (χ1v) is 7.05. The Balaban J connectivity index is 1.69. The van der Waals surface area contributed by atoms with Crippen LogP contribution in [-0.2, 0) is 16.0 Å². The van der Waals surface area contributed by atoms with E-state index in [1.165, 1.54) is 10.9 Å². The van der Waals surface area contributed by atoms with Crippen molar-refractivity contribution in [1.82, 2.24) is 5.32 Å². The molecule has 1 aromatic carbocycles. The van der Waals surface area contributed by atoms with Crippen molar-refractivity contribution < 1.29 is 13.9 Å². The number of benzene rings is 1. The maximum Gasteiger partial charge on any atom is 0.134 e. The molecule has 0 saturated carbocycles. The van der Waals surface area contributed by atoms with Gasteiger partial charge in [0, 0.05) is 44.2 Å². The number of rotatable bonds is 5. The van der Waals surface area contributed by atoms with Gasteiger partial charge in [-0.1, -0.05) is 18.2 Å². The van der Waals surface area contributed by atoms with E-state index in [2.05, 4.69) is 11.4 Å². The fourth-order valence-electron chi connectivity index (χ4n) is 2.82. The molecule has 1 N–H and O–H groups in total. The van der Waals surface area contributed by atoms with E-state index in [-0.39, 0.29) is 5.60 Å². The van der Waals surface area contributed by atoms with Gasteiger partial charge in [0.05, 0.1) is 6.61 Å². The van der Waals surface area contributed by atoms with Crippen LogP contribution in [0, 0.1) is 6.92 Å². The van der Waals surface area contributed by atoms with E-state index < -0.39 is 0 Å². The lowest BCUT2D eigenvalue weighted by atomic mass is 10.0. The Bertz CT molecular complexity index is 584. The molecule has 2 heterocycles. The van der Waals surface area contributed by atoms with Crippen LogP contribution in [0.2, 0.25) is 0 Å². The molecule has 4 heteroatoms. The molecular weight excluding hydrogens is 254 g/mol. The number of para-hydroxylation sites is 1. The highest BCUT2D eigenvalue weighted by molar-refractivity contribution is 5.82. The predicted octanol–water partition coefficient (Wildman–Crippen LogP) is 2.64. The average Bonchev–Trinajstić information content (AvgIpc) is 3.05. The highest BCUT2D eigenvalue weighted by Gasteiger charge is 2.34. The molecule has 2 aromatic rings. The van der Waals surface area contributed by atoms with Gasteiger partial charge in [-0.15, -0.1) is 0 Å². The van der Waals surface area contributed by atoms with Gasteiger partial charge < -0.3 is 19.2 Å². The van der Waals surface area contributed by atoms with Gasteiger partial charge in [0.2, 0.25) is 0 Å². The molecule has 1 fully saturated rings. The van der Waals surface area contributed by atoms with Crippen LogP contribution < -0.4 is 5.32 Å². The second-order valence-electron chi connectivity index (χ2n) is 5.43. The van der Waals surface area contributed by atoms with Gasteiger partial charge in [-0.3, -0.25) is 0 Å². The van der Waals surface area contributed by atoms with Crippen molar-refractivity contribution in [3.8, 4) is 0 Å². The Morgan fingerprint density at radius 3 is 2.95 bits per heavy atom. The molecule has 0 radical (unpaired) electrons. The molecule has 0 bridgehead atoms. The molecule has 20 heavy (non-hydrogen) atoms. The van der Waals surface area contributed by atoms with Crippen molar-refractivity contribution in [2.24, 2.45) is 0 Å². The Morgan fingerprint density at radius 1 is 1.35 bits per heavy atom. The minimum atomic E-state index is -0.173. The molecule has 108 valence electrons. The van der Waals surface area contributed by atoms with E-state index >= 15 is 0 Å². The minimum absolute atomic E-state index is 0.173. The number of nitrogens with one attached hydrogen (secondary N) is 1. The van der Waals surface area contributed by atoms with Gasteiger partial charge in [-0.2, -0.15) is 0 Å². The van der Waals surface area contributed by atoms with E-state index in [1.807, 2.05) is 25.1 Å². The van der Waals surface area contributed by atoms with Crippen molar-refractivity contribution in [2.75, 3.05) is 26.9 Å². The molecule has 0 amide bonds. The molecule has 1 aliphatic rings. The van der Waals surface area contributed by atoms with Crippen molar-refractivity contribution in [2.45, 2.75) is 25.5 Å². The Labute approximate surface area is 119 Å². The maximum atomic E-state index is 5.78. The summed E-state index contributed by atoms with van der Waals surface area (Å²) >= 11 is 0. The van der Waals surface area contributed by atoms with Crippen LogP contribution in [0.1, 0.15) is 17.7 Å². The Morgan fingerprint density at radius 2 is 2.20 bits per heavy atom. The molecule has 1 unspecified atom stereocenters. The Hall–Kier alpha value is -1.36. The third-order valence-corrected chi connectivity index (χ3v) is 4.15. The smallest absolute Gasteiger partial charge is 0.134 e. The second-order valence-corrected chi connectivity index (χ2v) is 5.43. The molecule has 4 nitrogen and oxygen atoms in total. The number of hydrogen-bond donors (Lipinski definition) is 1. The first-order chi connectivity index (χ1) is 9.74. The van der Waals surface area contributed by atoms with Crippen molar-refractivity contribution in [1.29, 1.82) is 0 Å². The quantitative estimate of drug-likeness (QED) is 0.911. The summed E-state index contributed by atoms with van der Waals surface area (Å²) in [5, 5.41) is 4.68. The molecule has 1 saturated heterocycles. The highest BCUT2D eigenvalue weighted by Crippen LogP contribution is 2.26. The van der Waals surface area contributed by atoms with Gasteiger partial charge in [0.25, 0.3) is 0 Å². The van der Waals surface area contributed by atoms with Crippen molar-refractivity contribution in [3.05, 3.63) is 35.6 Å². The predicted molar refractivity (Wildman–Crippen MR) is 77.8 cm³/mol. The monoisotopic (exact) mass is 275 g/mol. The average molecular weight is 275 g/mol. The summed E-state index contributed by atoms with van der Waals surface area (Å²) in [5.41, 5.74) is 2.01. The molecule has 1 aromatic heterocycles. The topological polar surface area (TPSA) is 43.6 Å². The van der Waals surface area contributed by atoms with Gasteiger partial charge in [0.15, 0.2) is 0 Å². The zero-order chi connectivity index (χ0) is 14.0. The SMILES string of the molecule is COC1(CNCc2c(C)oc3ccccc23)CCOC1. The van der Waals surface area contributed by atoms with E-state index in [1.54, 1.807) is 7.11 Å². The summed E-state index contributed by atoms with van der Waals surface area (Å²) in [5.74, 6) is 0.979. The lowest BCUT2D eigenvalue weighted by molar-refractivity contribution is -0.0159. The van der Waals surface area contributed by atoms with E-state index in [0.717, 1.165) is 37.5 Å². The molecule has 1 aliphatic heterocycles. The molecular formula is C16H21NO3. The van der Waals surface area contributed by atoms with Crippen LogP contribution in [0.15, 0.2) is 28.7 Å². The lowest BCUT2D eigenvalue weighted by Crippen LogP contribution is -2.42. The summed E-state index contributed by atoms with van der Waals surface area (Å²) in [4.78, 5) is 0. The number of aryl methyl sites for hydroxylation is 1. The van der Waals surface area contributed by atoms with E-state index in [0.29, 0.717) is 6.61 Å². The third kappa shape index (κ3) is 2.46. The summed E-state index contributed by atoms with van der Waals surface area (Å²) < 4.78 is 16.9. The number of hydrogen-bond acceptors (Lipinski definition) is 4. The number of methoxy groups -OCH3 is 1. The van der Waals surface area contributed by atoms with Gasteiger partial charge in [-0.25, -0.2) is 0 Å². The van der Waals surface area contributed by atoms with Gasteiger partial charge in [0.1, 0.15) is 16.9 Å². The molecule has 0 spiro atoms. The molecule has 1 atom stereocenters. The zero-order valence-electron chi connectivity index (χ0n) is 12.1. The summed E-state index contributed by atoms with van der Waals surface area (Å²) in [6, 6.07) is 8.15. The molecule has 0 aliphatic carbocycles. The largest absolute Gasteiger partial charge is 0.461 e. The fraction of sp³-hybridized carbons (Fsp3) is 0.500. The van der Waals surface area contributed by atoms with Crippen molar-refractivity contribution >= 4 is 11.0 Å². The second kappa shape index (κ2) is 5.56. The van der Waals surface area contributed by atoms with Crippen LogP contribution in [0.4, 0.5) is 0 Å². The normalized spacial score (nSPS) is 22.7. The van der Waals surface area contributed by atoms with Crippen LogP contribution in [0.3, 0.4) is 0 Å². The van der Waals surface area contributed by atoms with Crippen LogP contribution in [-0.4, -0.2) is 32.5 Å². The number of furan rings is 1. The number of ether oxygens (including phenoxy) is 2. The maximum absolute atomic E-state index is 5.78. The van der Waals surface area contributed by atoms with E-state index in [9.17, 15) is 0 Å². The highest BCUT2D eigenvalue weighted by atomic mass is 16.5. The van der Waals surface area contributed by atoms with Crippen molar-refractivity contribution in [3.63, 3.8) is 0 Å². The standard InChI is InChI=1S/C16H21NO3/c1-12-14(13-5-3-4-6-15(13)20-12)9-17-10-16(18-2)7-8-19-11-16/h3-6,17H,7-11H2,1-2H3. The number of fused-ring (bicyclic) bond motifs is 1. The first-order valence-electron chi connectivity index (χ1n) is 7.05. The van der Waals surface area contributed by atoms with Gasteiger partial charge in [-0.05, 0) is 13.0 Å². The third-order valence-electron chi connectivity index (χ3n) is 4.15. The van der Waals surface area contributed by atoms with E-state index in [4.69, 9.17) is 13.9 Å². The van der Waals surface area contributed by atoms with Gasteiger partial charge >= 0.3 is 0 Å². The minimum Gasteiger partial charge on any atom is -0.461 e. The summed E-state index contributed by atoms with van der Waals surface area (Å²) in [6.07, 6.45) is 0.946. The first kappa shape index (κ1) is 13.6. The Kier molecular flexibility index (Phi) is 3.78. The van der Waals surface area contributed by atoms with Crippen LogP contribution in [0.5, 0.6) is 0 Å². The lowest BCUT2D eigenvalue weighted by Gasteiger charge is -2.26. The fourth-order valence-corrected chi connectivity index (χ4v) is 2.82. The zero-order valence-corrected chi connectivity index (χ0v) is 12.1. The summed E-state index contributed by atoms with van der Waals surface area (Å²) in [7, 11) is 1.76. The van der Waals surface area contributed by atoms with Crippen LogP contribution in [0.25, 0.3) is 11.0 Å².